The average Bonchev–Trinajstić information content (AvgIpc) is 2.62. The van der Waals surface area contributed by atoms with E-state index in [0.717, 1.165) is 5.82 Å². The van der Waals surface area contributed by atoms with E-state index in [4.69, 9.17) is 5.26 Å². The molecule has 0 amide bonds. The summed E-state index contributed by atoms with van der Waals surface area (Å²) in [5.41, 5.74) is 0.487. The summed E-state index contributed by atoms with van der Waals surface area (Å²) in [7, 11) is 1.86. The van der Waals surface area contributed by atoms with Crippen LogP contribution in [0.4, 0.5) is 0 Å². The third-order valence-electron chi connectivity index (χ3n) is 2.05. The normalized spacial score (nSPS) is 10.1. The van der Waals surface area contributed by atoms with Gasteiger partial charge in [0, 0.05) is 7.05 Å². The molecule has 2 aromatic rings. The highest BCUT2D eigenvalue weighted by atomic mass is 32.2. The van der Waals surface area contributed by atoms with Crippen molar-refractivity contribution in [3.05, 3.63) is 23.7 Å². The molecule has 80 valence electrons. The van der Waals surface area contributed by atoms with Crippen molar-refractivity contribution < 1.29 is 0 Å². The molecule has 16 heavy (non-hydrogen) atoms. The maximum atomic E-state index is 8.90. The van der Waals surface area contributed by atoms with Gasteiger partial charge in [0.2, 0.25) is 0 Å². The second-order valence-electron chi connectivity index (χ2n) is 3.05. The zero-order chi connectivity index (χ0) is 11.5. The molecule has 0 N–H and O–H groups in total. The minimum absolute atomic E-state index is 0.487. The van der Waals surface area contributed by atoms with Gasteiger partial charge in [-0.15, -0.1) is 15.3 Å². The van der Waals surface area contributed by atoms with Crippen molar-refractivity contribution in [2.24, 2.45) is 7.05 Å². The van der Waals surface area contributed by atoms with E-state index >= 15 is 0 Å². The molecule has 0 radical (unpaired) electrons. The molecule has 2 rings (SSSR count). The Bertz CT molecular complexity index is 555. The van der Waals surface area contributed by atoms with Gasteiger partial charge in [0.15, 0.2) is 5.16 Å². The zero-order valence-corrected chi connectivity index (χ0v) is 9.56. The molecule has 2 aromatic heterocycles. The highest BCUT2D eigenvalue weighted by molar-refractivity contribution is 7.99. The standard InChI is InChI=1S/C9H8N6S/c1-6-12-14-9(15(6)2)16-8-7(5-10)3-4-11-13-8/h3-4H,1-2H3. The van der Waals surface area contributed by atoms with E-state index in [-0.39, 0.29) is 0 Å². The molecule has 2 heterocycles. The molecule has 0 saturated heterocycles. The second-order valence-corrected chi connectivity index (χ2v) is 4.01. The lowest BCUT2D eigenvalue weighted by molar-refractivity contribution is 0.762. The molecule has 0 spiro atoms. The highest BCUT2D eigenvalue weighted by Crippen LogP contribution is 2.25. The molecule has 0 fully saturated rings. The maximum Gasteiger partial charge on any atom is 0.197 e. The Labute approximate surface area is 96.3 Å². The number of aryl methyl sites for hydroxylation is 1. The number of nitriles is 1. The van der Waals surface area contributed by atoms with Crippen LogP contribution < -0.4 is 0 Å². The van der Waals surface area contributed by atoms with E-state index in [1.165, 1.54) is 18.0 Å². The van der Waals surface area contributed by atoms with Gasteiger partial charge in [0.05, 0.1) is 11.8 Å². The molecule has 0 atom stereocenters. The van der Waals surface area contributed by atoms with Crippen LogP contribution in [0.2, 0.25) is 0 Å². The number of rotatable bonds is 2. The van der Waals surface area contributed by atoms with Gasteiger partial charge in [-0.2, -0.15) is 10.4 Å². The van der Waals surface area contributed by atoms with Gasteiger partial charge in [-0.3, -0.25) is 0 Å². The number of hydrogen-bond donors (Lipinski definition) is 0. The molecular weight excluding hydrogens is 224 g/mol. The van der Waals surface area contributed by atoms with Crippen LogP contribution in [0, 0.1) is 18.3 Å². The molecule has 0 aromatic carbocycles. The third-order valence-corrected chi connectivity index (χ3v) is 3.08. The first kappa shape index (κ1) is 10.6. The first-order chi connectivity index (χ1) is 7.72. The lowest BCUT2D eigenvalue weighted by Crippen LogP contribution is -1.95. The van der Waals surface area contributed by atoms with Gasteiger partial charge in [0.1, 0.15) is 16.9 Å². The molecule has 0 aliphatic heterocycles. The summed E-state index contributed by atoms with van der Waals surface area (Å²) >= 11 is 1.28. The van der Waals surface area contributed by atoms with Gasteiger partial charge in [-0.05, 0) is 24.8 Å². The maximum absolute atomic E-state index is 8.90. The second kappa shape index (κ2) is 4.28. The Morgan fingerprint density at radius 2 is 2.19 bits per heavy atom. The van der Waals surface area contributed by atoms with Gasteiger partial charge in [-0.1, -0.05) is 0 Å². The van der Waals surface area contributed by atoms with Crippen LogP contribution in [-0.2, 0) is 7.05 Å². The summed E-state index contributed by atoms with van der Waals surface area (Å²) in [5.74, 6) is 0.810. The molecule has 0 saturated carbocycles. The van der Waals surface area contributed by atoms with Crippen molar-refractivity contribution in [3.63, 3.8) is 0 Å². The summed E-state index contributed by atoms with van der Waals surface area (Å²) in [6.45, 7) is 1.86. The Kier molecular flexibility index (Phi) is 2.83. The predicted molar refractivity (Wildman–Crippen MR) is 56.6 cm³/mol. The van der Waals surface area contributed by atoms with E-state index in [2.05, 4.69) is 26.5 Å². The minimum Gasteiger partial charge on any atom is -0.309 e. The predicted octanol–water partition coefficient (Wildman–Crippen LogP) is 0.936. The van der Waals surface area contributed by atoms with Crippen molar-refractivity contribution in [2.75, 3.05) is 0 Å². The highest BCUT2D eigenvalue weighted by Gasteiger charge is 2.11. The first-order valence-corrected chi connectivity index (χ1v) is 5.29. The van der Waals surface area contributed by atoms with Crippen LogP contribution in [0.1, 0.15) is 11.4 Å². The van der Waals surface area contributed by atoms with E-state index in [0.29, 0.717) is 15.7 Å². The summed E-state index contributed by atoms with van der Waals surface area (Å²) in [6.07, 6.45) is 1.49. The lowest BCUT2D eigenvalue weighted by Gasteiger charge is -2.00. The van der Waals surface area contributed by atoms with Crippen LogP contribution in [0.25, 0.3) is 0 Å². The van der Waals surface area contributed by atoms with Crippen LogP contribution in [0.3, 0.4) is 0 Å². The van der Waals surface area contributed by atoms with Gasteiger partial charge < -0.3 is 4.57 Å². The lowest BCUT2D eigenvalue weighted by atomic mass is 10.3. The van der Waals surface area contributed by atoms with Crippen molar-refractivity contribution >= 4 is 11.8 Å². The third kappa shape index (κ3) is 1.87. The summed E-state index contributed by atoms with van der Waals surface area (Å²) in [5, 5.41) is 25.7. The molecular formula is C9H8N6S. The molecule has 0 bridgehead atoms. The smallest absolute Gasteiger partial charge is 0.197 e. The molecule has 0 aliphatic rings. The molecule has 0 aliphatic carbocycles. The fourth-order valence-corrected chi connectivity index (χ4v) is 1.88. The van der Waals surface area contributed by atoms with Crippen LogP contribution in [0.15, 0.2) is 22.4 Å². The van der Waals surface area contributed by atoms with Crippen molar-refractivity contribution in [3.8, 4) is 6.07 Å². The van der Waals surface area contributed by atoms with E-state index in [1.807, 2.05) is 18.5 Å². The summed E-state index contributed by atoms with van der Waals surface area (Å²) < 4.78 is 1.83. The van der Waals surface area contributed by atoms with E-state index < -0.39 is 0 Å². The average molecular weight is 232 g/mol. The largest absolute Gasteiger partial charge is 0.309 e. The van der Waals surface area contributed by atoms with E-state index in [1.54, 1.807) is 6.07 Å². The Hall–Kier alpha value is -1.94. The fourth-order valence-electron chi connectivity index (χ4n) is 1.04. The Morgan fingerprint density at radius 1 is 1.38 bits per heavy atom. The number of hydrogen-bond acceptors (Lipinski definition) is 6. The van der Waals surface area contributed by atoms with Crippen LogP contribution in [0.5, 0.6) is 0 Å². The molecule has 0 unspecified atom stereocenters. The van der Waals surface area contributed by atoms with Crippen molar-refractivity contribution in [1.29, 1.82) is 5.26 Å². The van der Waals surface area contributed by atoms with Gasteiger partial charge in [-0.25, -0.2) is 0 Å². The SMILES string of the molecule is Cc1nnc(Sc2nnccc2C#N)n1C. The molecule has 6 nitrogen and oxygen atoms in total. The van der Waals surface area contributed by atoms with Gasteiger partial charge >= 0.3 is 0 Å². The topological polar surface area (TPSA) is 80.3 Å². The summed E-state index contributed by atoms with van der Waals surface area (Å²) in [6, 6.07) is 3.68. The van der Waals surface area contributed by atoms with Crippen LogP contribution >= 0.6 is 11.8 Å². The monoisotopic (exact) mass is 232 g/mol. The van der Waals surface area contributed by atoms with Gasteiger partial charge in [0.25, 0.3) is 0 Å². The number of aromatic nitrogens is 5. The van der Waals surface area contributed by atoms with E-state index in [9.17, 15) is 0 Å². The van der Waals surface area contributed by atoms with Crippen LogP contribution in [-0.4, -0.2) is 25.0 Å². The van der Waals surface area contributed by atoms with Crippen molar-refractivity contribution in [1.82, 2.24) is 25.0 Å². The first-order valence-electron chi connectivity index (χ1n) is 4.48. The molecule has 7 heteroatoms. The quantitative estimate of drug-likeness (QED) is 0.766. The Morgan fingerprint density at radius 3 is 2.81 bits per heavy atom. The summed E-state index contributed by atoms with van der Waals surface area (Å²) in [4.78, 5) is 0. The minimum atomic E-state index is 0.487. The zero-order valence-electron chi connectivity index (χ0n) is 8.75. The van der Waals surface area contributed by atoms with Crippen molar-refractivity contribution in [2.45, 2.75) is 17.1 Å². The fraction of sp³-hybridized carbons (Fsp3) is 0.222. The number of nitrogens with zero attached hydrogens (tertiary/aromatic N) is 6. The Balaban J connectivity index is 2.35.